The number of nitrogens with one attached hydrogen (secondary N) is 1. The highest BCUT2D eigenvalue weighted by Crippen LogP contribution is 2.49. The summed E-state index contributed by atoms with van der Waals surface area (Å²) in [6, 6.07) is 17.4. The number of carbonyl (C=O) groups is 1. The normalized spacial score (nSPS) is 13.9. The van der Waals surface area contributed by atoms with Crippen LogP contribution in [0, 0.1) is 0 Å². The van der Waals surface area contributed by atoms with Gasteiger partial charge in [-0.15, -0.1) is 0 Å². The summed E-state index contributed by atoms with van der Waals surface area (Å²) >= 11 is 0. The lowest BCUT2D eigenvalue weighted by Gasteiger charge is -2.19. The molecule has 3 aromatic rings. The minimum absolute atomic E-state index is 0.0321. The van der Waals surface area contributed by atoms with Crippen LogP contribution in [0.4, 0.5) is 5.95 Å². The molecule has 1 aliphatic carbocycles. The number of carbonyl (C=O) groups excluding carboxylic acids is 1. The Hall–Kier alpha value is -3.61. The maximum absolute atomic E-state index is 11.8. The van der Waals surface area contributed by atoms with Crippen molar-refractivity contribution in [1.82, 2.24) is 9.97 Å². The molecule has 7 nitrogen and oxygen atoms in total. The first-order chi connectivity index (χ1) is 15.5. The van der Waals surface area contributed by atoms with Crippen molar-refractivity contribution in [2.75, 3.05) is 25.1 Å². The maximum Gasteiger partial charge on any atom is 0.267 e. The summed E-state index contributed by atoms with van der Waals surface area (Å²) in [6.07, 6.45) is 2.08. The third-order valence-corrected chi connectivity index (χ3v) is 5.64. The molecule has 0 saturated heterocycles. The fraction of sp³-hybridized carbons (Fsp3) is 0.320. The first-order valence-corrected chi connectivity index (χ1v) is 10.9. The Kier molecular flexibility index (Phi) is 6.25. The minimum atomic E-state index is -0.582. The van der Waals surface area contributed by atoms with Crippen molar-refractivity contribution in [3.8, 4) is 22.8 Å². The van der Waals surface area contributed by atoms with E-state index in [1.807, 2.05) is 50.2 Å². The zero-order chi connectivity index (χ0) is 22.6. The molecule has 1 fully saturated rings. The molecule has 32 heavy (non-hydrogen) atoms. The summed E-state index contributed by atoms with van der Waals surface area (Å²) in [4.78, 5) is 20.8. The van der Waals surface area contributed by atoms with Crippen molar-refractivity contribution in [3.05, 3.63) is 65.9 Å². The number of aromatic nitrogens is 2. The summed E-state index contributed by atoms with van der Waals surface area (Å²) in [7, 11) is 0. The van der Waals surface area contributed by atoms with E-state index >= 15 is 0 Å². The van der Waals surface area contributed by atoms with Gasteiger partial charge in [0.2, 0.25) is 5.95 Å². The molecule has 0 radical (unpaired) electrons. The van der Waals surface area contributed by atoms with E-state index < -0.39 is 5.91 Å². The molecule has 1 heterocycles. The average molecular weight is 433 g/mol. The molecule has 1 saturated carbocycles. The summed E-state index contributed by atoms with van der Waals surface area (Å²) in [6.45, 7) is 5.72. The summed E-state index contributed by atoms with van der Waals surface area (Å²) < 4.78 is 11.5. The molecule has 0 unspecified atom stereocenters. The predicted octanol–water partition coefficient (Wildman–Crippen LogP) is 4.18. The molecule has 1 amide bonds. The van der Waals surface area contributed by atoms with Crippen LogP contribution in [0.1, 0.15) is 42.7 Å². The van der Waals surface area contributed by atoms with Gasteiger partial charge in [0.05, 0.1) is 18.9 Å². The number of anilines is 1. The molecule has 2 aromatic carbocycles. The smallest absolute Gasteiger partial charge is 0.267 e. The van der Waals surface area contributed by atoms with Gasteiger partial charge in [-0.2, -0.15) is 0 Å². The molecule has 0 spiro atoms. The van der Waals surface area contributed by atoms with Gasteiger partial charge in [-0.05, 0) is 50.5 Å². The Morgan fingerprint density at radius 1 is 1.00 bits per heavy atom. The van der Waals surface area contributed by atoms with Crippen LogP contribution in [0.3, 0.4) is 0 Å². The number of nitrogens with two attached hydrogens (primary N) is 1. The van der Waals surface area contributed by atoms with Gasteiger partial charge in [-0.1, -0.05) is 36.4 Å². The van der Waals surface area contributed by atoms with Gasteiger partial charge in [0.15, 0.2) is 11.5 Å². The number of ether oxygens (including phenoxy) is 2. The Morgan fingerprint density at radius 3 is 2.38 bits per heavy atom. The molecule has 0 bridgehead atoms. The van der Waals surface area contributed by atoms with Gasteiger partial charge in [0, 0.05) is 17.5 Å². The topological polar surface area (TPSA) is 99.4 Å². The molecule has 3 N–H and O–H groups in total. The van der Waals surface area contributed by atoms with Crippen molar-refractivity contribution < 1.29 is 14.3 Å². The maximum atomic E-state index is 11.8. The molecule has 1 aromatic heterocycles. The second kappa shape index (κ2) is 9.26. The van der Waals surface area contributed by atoms with E-state index in [9.17, 15) is 4.79 Å². The number of benzene rings is 2. The van der Waals surface area contributed by atoms with Crippen LogP contribution in [0.2, 0.25) is 0 Å². The second-order valence-corrected chi connectivity index (χ2v) is 7.85. The van der Waals surface area contributed by atoms with Gasteiger partial charge in [0.25, 0.3) is 5.91 Å². The monoisotopic (exact) mass is 432 g/mol. The van der Waals surface area contributed by atoms with Gasteiger partial charge in [-0.25, -0.2) is 9.97 Å². The zero-order valence-electron chi connectivity index (χ0n) is 18.4. The Morgan fingerprint density at radius 2 is 1.72 bits per heavy atom. The molecular formula is C25H28N4O3. The van der Waals surface area contributed by atoms with Crippen LogP contribution >= 0.6 is 0 Å². The van der Waals surface area contributed by atoms with Crippen LogP contribution in [0.15, 0.2) is 54.6 Å². The first-order valence-electron chi connectivity index (χ1n) is 10.9. The lowest BCUT2D eigenvalue weighted by atomic mass is 9.95. The first kappa shape index (κ1) is 21.6. The van der Waals surface area contributed by atoms with Crippen LogP contribution in [0.5, 0.6) is 11.5 Å². The van der Waals surface area contributed by atoms with Crippen LogP contribution in [0.25, 0.3) is 11.3 Å². The van der Waals surface area contributed by atoms with E-state index in [-0.39, 0.29) is 11.1 Å². The second-order valence-electron chi connectivity index (χ2n) is 7.85. The van der Waals surface area contributed by atoms with E-state index in [4.69, 9.17) is 15.2 Å². The van der Waals surface area contributed by atoms with Crippen molar-refractivity contribution in [1.29, 1.82) is 0 Å². The van der Waals surface area contributed by atoms with Gasteiger partial charge >= 0.3 is 0 Å². The molecule has 4 rings (SSSR count). The third kappa shape index (κ3) is 4.66. The zero-order valence-corrected chi connectivity index (χ0v) is 18.4. The highest BCUT2D eigenvalue weighted by atomic mass is 16.5. The standard InChI is InChI=1S/C25H28N4O3/c1-3-31-21-11-10-18(14-22(21)32-4-2)25(12-13-25)16-27-24-28-19(15-20(29-24)23(26)30)17-8-6-5-7-9-17/h5-11,14-15H,3-4,12-13,16H2,1-2H3,(H2,26,30)(H,27,28,29). The number of amides is 1. The molecule has 1 aliphatic rings. The quantitative estimate of drug-likeness (QED) is 0.498. The highest BCUT2D eigenvalue weighted by Gasteiger charge is 2.44. The van der Waals surface area contributed by atoms with Gasteiger partial charge in [-0.3, -0.25) is 4.79 Å². The van der Waals surface area contributed by atoms with Gasteiger partial charge in [0.1, 0.15) is 5.69 Å². The van der Waals surface area contributed by atoms with Crippen molar-refractivity contribution in [2.45, 2.75) is 32.1 Å². The summed E-state index contributed by atoms with van der Waals surface area (Å²) in [5.74, 6) is 1.33. The van der Waals surface area contributed by atoms with Gasteiger partial charge < -0.3 is 20.5 Å². The lowest BCUT2D eigenvalue weighted by molar-refractivity contribution is 0.0995. The molecule has 0 aliphatic heterocycles. The van der Waals surface area contributed by atoms with Crippen molar-refractivity contribution in [2.24, 2.45) is 5.73 Å². The van der Waals surface area contributed by atoms with Crippen molar-refractivity contribution in [3.63, 3.8) is 0 Å². The van der Waals surface area contributed by atoms with E-state index in [1.54, 1.807) is 6.07 Å². The number of rotatable bonds is 10. The predicted molar refractivity (Wildman–Crippen MR) is 124 cm³/mol. The SMILES string of the molecule is CCOc1ccc(C2(CNc3nc(C(N)=O)cc(-c4ccccc4)n3)CC2)cc1OCC. The molecule has 7 heteroatoms. The van der Waals surface area contributed by atoms with Crippen molar-refractivity contribution >= 4 is 11.9 Å². The van der Waals surface area contributed by atoms with Crippen LogP contribution < -0.4 is 20.5 Å². The Balaban J connectivity index is 1.57. The fourth-order valence-corrected chi connectivity index (χ4v) is 3.76. The van der Waals surface area contributed by atoms with E-state index in [0.717, 1.165) is 29.9 Å². The minimum Gasteiger partial charge on any atom is -0.490 e. The van der Waals surface area contributed by atoms with E-state index in [2.05, 4.69) is 27.4 Å². The molecule has 166 valence electrons. The number of hydrogen-bond acceptors (Lipinski definition) is 6. The largest absolute Gasteiger partial charge is 0.490 e. The average Bonchev–Trinajstić information content (AvgIpc) is 3.61. The molecular weight excluding hydrogens is 404 g/mol. The summed E-state index contributed by atoms with van der Waals surface area (Å²) in [5, 5.41) is 3.34. The molecule has 0 atom stereocenters. The van der Waals surface area contributed by atoms with E-state index in [0.29, 0.717) is 31.4 Å². The highest BCUT2D eigenvalue weighted by molar-refractivity contribution is 5.92. The number of primary amides is 1. The summed E-state index contributed by atoms with van der Waals surface area (Å²) in [5.41, 5.74) is 8.41. The number of hydrogen-bond donors (Lipinski definition) is 2. The number of nitrogens with zero attached hydrogens (tertiary/aromatic N) is 2. The van der Waals surface area contributed by atoms with Crippen LogP contribution in [-0.2, 0) is 5.41 Å². The van der Waals surface area contributed by atoms with E-state index in [1.165, 1.54) is 5.56 Å². The lowest BCUT2D eigenvalue weighted by Crippen LogP contribution is -2.22. The Bertz CT molecular complexity index is 1100. The third-order valence-electron chi connectivity index (χ3n) is 5.64. The Labute approximate surface area is 188 Å². The fourth-order valence-electron chi connectivity index (χ4n) is 3.76. The van der Waals surface area contributed by atoms with Crippen LogP contribution in [-0.4, -0.2) is 35.6 Å².